The van der Waals surface area contributed by atoms with Gasteiger partial charge < -0.3 is 0 Å². The highest BCUT2D eigenvalue weighted by molar-refractivity contribution is 5.77. The van der Waals surface area contributed by atoms with Crippen molar-refractivity contribution < 1.29 is 22.0 Å². The smallest absolute Gasteiger partial charge is 0.279 e. The number of fused-ring (bicyclic) bond motifs is 2. The Hall–Kier alpha value is -3.11. The van der Waals surface area contributed by atoms with Crippen molar-refractivity contribution in [1.29, 1.82) is 0 Å². The minimum atomic E-state index is -5.81. The molecule has 0 amide bonds. The van der Waals surface area contributed by atoms with E-state index < -0.39 is 17.9 Å². The van der Waals surface area contributed by atoms with Crippen LogP contribution in [0.5, 0.6) is 0 Å². The van der Waals surface area contributed by atoms with Crippen molar-refractivity contribution >= 4 is 16.7 Å². The molecule has 0 aliphatic rings. The van der Waals surface area contributed by atoms with Crippen LogP contribution in [0.15, 0.2) is 36.4 Å². The summed E-state index contributed by atoms with van der Waals surface area (Å²) in [7, 11) is 0. The molecule has 0 spiro atoms. The van der Waals surface area contributed by atoms with Gasteiger partial charge >= 0.3 is 12.1 Å². The zero-order valence-electron chi connectivity index (χ0n) is 13.0. The van der Waals surface area contributed by atoms with Gasteiger partial charge in [-0.25, -0.2) is 4.98 Å². The first-order valence-electron chi connectivity index (χ1n) is 7.32. The average Bonchev–Trinajstić information content (AvgIpc) is 3.13. The third-order valence-corrected chi connectivity index (χ3v) is 3.84. The van der Waals surface area contributed by atoms with E-state index in [1.165, 1.54) is 12.1 Å². The second kappa shape index (κ2) is 5.19. The van der Waals surface area contributed by atoms with Crippen LogP contribution in [0.1, 0.15) is 11.6 Å². The number of imidazole rings is 1. The van der Waals surface area contributed by atoms with Gasteiger partial charge in [-0.1, -0.05) is 12.1 Å². The molecule has 26 heavy (non-hydrogen) atoms. The lowest BCUT2D eigenvalue weighted by Crippen LogP contribution is -2.36. The van der Waals surface area contributed by atoms with Gasteiger partial charge in [-0.3, -0.25) is 4.57 Å². The fourth-order valence-electron chi connectivity index (χ4n) is 2.66. The molecule has 0 saturated heterocycles. The molecule has 0 unspecified atom stereocenters. The Morgan fingerprint density at radius 3 is 2.38 bits per heavy atom. The highest BCUT2D eigenvalue weighted by atomic mass is 19.4. The third-order valence-electron chi connectivity index (χ3n) is 3.84. The number of alkyl halides is 5. The predicted molar refractivity (Wildman–Crippen MR) is 80.1 cm³/mol. The van der Waals surface area contributed by atoms with Gasteiger partial charge in [-0.05, 0) is 31.2 Å². The van der Waals surface area contributed by atoms with Gasteiger partial charge in [0.2, 0.25) is 5.82 Å². The monoisotopic (exact) mass is 368 g/mol. The second-order valence-electron chi connectivity index (χ2n) is 5.54. The largest absolute Gasteiger partial charge is 0.461 e. The quantitative estimate of drug-likeness (QED) is 0.509. The lowest BCUT2D eigenvalue weighted by molar-refractivity contribution is -0.293. The number of para-hydroxylation sites is 2. The molecular weight excluding hydrogens is 359 g/mol. The fourth-order valence-corrected chi connectivity index (χ4v) is 2.66. The van der Waals surface area contributed by atoms with Crippen LogP contribution in [0.3, 0.4) is 0 Å². The van der Waals surface area contributed by atoms with Crippen LogP contribution in [0.4, 0.5) is 22.0 Å². The van der Waals surface area contributed by atoms with Crippen LogP contribution in [0, 0.1) is 6.92 Å². The van der Waals surface area contributed by atoms with E-state index in [2.05, 4.69) is 20.3 Å². The number of benzene rings is 1. The summed E-state index contributed by atoms with van der Waals surface area (Å²) in [6.45, 7) is 1.67. The van der Waals surface area contributed by atoms with Gasteiger partial charge in [-0.15, -0.1) is 15.3 Å². The van der Waals surface area contributed by atoms with Crippen LogP contribution >= 0.6 is 0 Å². The first kappa shape index (κ1) is 16.4. The molecule has 134 valence electrons. The Bertz CT molecular complexity index is 1130. The topological polar surface area (TPSA) is 60.9 Å². The minimum Gasteiger partial charge on any atom is -0.279 e. The highest BCUT2D eigenvalue weighted by Crippen LogP contribution is 2.42. The molecule has 3 aromatic heterocycles. The van der Waals surface area contributed by atoms with Gasteiger partial charge in [0, 0.05) is 0 Å². The summed E-state index contributed by atoms with van der Waals surface area (Å²) in [6, 6.07) is 9.72. The Balaban J connectivity index is 1.96. The molecule has 4 aromatic rings. The molecule has 0 radical (unpaired) electrons. The number of hydrogen-bond donors (Lipinski definition) is 0. The van der Waals surface area contributed by atoms with Gasteiger partial charge in [0.15, 0.2) is 11.5 Å². The summed E-state index contributed by atoms with van der Waals surface area (Å²) in [5.41, 5.74) is 1.04. The molecule has 0 aliphatic carbocycles. The molecule has 0 saturated carbocycles. The first-order chi connectivity index (χ1) is 12.2. The number of nitrogens with zero attached hydrogens (tertiary/aromatic N) is 6. The standard InChI is InChI=1S/C15H9F5N6/c1-8-21-9-4-2-3-5-10(9)25(8)12-7-6-11-22-23-13(26(11)24-12)14(16,17)15(18,19)20/h2-7H,1H3. The van der Waals surface area contributed by atoms with Gasteiger partial charge in [0.25, 0.3) is 0 Å². The minimum absolute atomic E-state index is 0.114. The molecule has 0 atom stereocenters. The molecule has 6 nitrogen and oxygen atoms in total. The SMILES string of the molecule is Cc1nc2ccccc2n1-c1ccc2nnc(C(F)(F)C(F)(F)F)n2n1. The summed E-state index contributed by atoms with van der Waals surface area (Å²) in [5.74, 6) is -6.17. The van der Waals surface area contributed by atoms with Crippen molar-refractivity contribution in [3.63, 3.8) is 0 Å². The molecular formula is C15H9F5N6. The fraction of sp³-hybridized carbons (Fsp3) is 0.200. The van der Waals surface area contributed by atoms with E-state index in [-0.39, 0.29) is 11.5 Å². The van der Waals surface area contributed by atoms with Gasteiger partial charge in [-0.2, -0.15) is 26.5 Å². The van der Waals surface area contributed by atoms with E-state index in [0.717, 1.165) is 0 Å². The molecule has 11 heteroatoms. The maximum Gasteiger partial charge on any atom is 0.461 e. The van der Waals surface area contributed by atoms with E-state index in [9.17, 15) is 22.0 Å². The average molecular weight is 368 g/mol. The lowest BCUT2D eigenvalue weighted by Gasteiger charge is -2.17. The van der Waals surface area contributed by atoms with Crippen molar-refractivity contribution in [2.24, 2.45) is 0 Å². The summed E-state index contributed by atoms with van der Waals surface area (Å²) >= 11 is 0. The van der Waals surface area contributed by atoms with E-state index in [1.807, 2.05) is 0 Å². The van der Waals surface area contributed by atoms with E-state index in [4.69, 9.17) is 0 Å². The molecule has 1 aromatic carbocycles. The van der Waals surface area contributed by atoms with Crippen molar-refractivity contribution in [2.45, 2.75) is 19.0 Å². The molecule has 4 rings (SSSR count). The van der Waals surface area contributed by atoms with Crippen molar-refractivity contribution in [3.05, 3.63) is 48.0 Å². The van der Waals surface area contributed by atoms with Crippen LogP contribution in [0.2, 0.25) is 0 Å². The number of halogens is 5. The van der Waals surface area contributed by atoms with Crippen molar-refractivity contribution in [2.75, 3.05) is 0 Å². The van der Waals surface area contributed by atoms with Crippen molar-refractivity contribution in [3.8, 4) is 5.82 Å². The zero-order chi connectivity index (χ0) is 18.7. The molecule has 0 fully saturated rings. The Labute approximate surface area is 141 Å². The molecule has 3 heterocycles. The zero-order valence-corrected chi connectivity index (χ0v) is 13.0. The molecule has 0 aliphatic heterocycles. The molecule has 0 bridgehead atoms. The third kappa shape index (κ3) is 2.23. The van der Waals surface area contributed by atoms with Crippen LogP contribution < -0.4 is 0 Å². The summed E-state index contributed by atoms with van der Waals surface area (Å²) in [4.78, 5) is 4.32. The number of rotatable bonds is 2. The van der Waals surface area contributed by atoms with Crippen LogP contribution in [-0.4, -0.2) is 35.5 Å². The lowest BCUT2D eigenvalue weighted by atomic mass is 10.3. The first-order valence-corrected chi connectivity index (χ1v) is 7.32. The second-order valence-corrected chi connectivity index (χ2v) is 5.54. The number of hydrogen-bond acceptors (Lipinski definition) is 4. The van der Waals surface area contributed by atoms with E-state index in [1.54, 1.807) is 35.8 Å². The molecule has 0 N–H and O–H groups in total. The highest BCUT2D eigenvalue weighted by Gasteiger charge is 2.62. The summed E-state index contributed by atoms with van der Waals surface area (Å²) in [6.07, 6.45) is -5.81. The maximum atomic E-state index is 13.7. The summed E-state index contributed by atoms with van der Waals surface area (Å²) < 4.78 is 67.5. The van der Waals surface area contributed by atoms with E-state index in [0.29, 0.717) is 21.4 Å². The maximum absolute atomic E-state index is 13.7. The van der Waals surface area contributed by atoms with Gasteiger partial charge in [0.05, 0.1) is 11.0 Å². The number of aryl methyl sites for hydroxylation is 1. The van der Waals surface area contributed by atoms with Crippen molar-refractivity contribution in [1.82, 2.24) is 29.4 Å². The Morgan fingerprint density at radius 1 is 0.923 bits per heavy atom. The van der Waals surface area contributed by atoms with Crippen LogP contribution in [-0.2, 0) is 5.92 Å². The van der Waals surface area contributed by atoms with E-state index >= 15 is 0 Å². The summed E-state index contributed by atoms with van der Waals surface area (Å²) in [5, 5.41) is 10.3. The normalized spacial score (nSPS) is 13.0. The predicted octanol–water partition coefficient (Wildman–Crippen LogP) is 3.43. The van der Waals surface area contributed by atoms with Crippen LogP contribution in [0.25, 0.3) is 22.5 Å². The van der Waals surface area contributed by atoms with Gasteiger partial charge in [0.1, 0.15) is 5.82 Å². The number of aromatic nitrogens is 6. The Morgan fingerprint density at radius 2 is 1.65 bits per heavy atom. The Kier molecular flexibility index (Phi) is 3.27.